The Morgan fingerprint density at radius 2 is 1.87 bits per heavy atom. The fourth-order valence-electron chi connectivity index (χ4n) is 3.68. The summed E-state index contributed by atoms with van der Waals surface area (Å²) >= 11 is 0. The Kier molecular flexibility index (Phi) is 5.88. The van der Waals surface area contributed by atoms with Gasteiger partial charge in [-0.3, -0.25) is 4.79 Å². The molecule has 3 aromatic rings. The second-order valence-corrected chi connectivity index (χ2v) is 7.16. The average molecular weight is 407 g/mol. The molecule has 4 rings (SSSR count). The number of methoxy groups -OCH3 is 2. The minimum Gasteiger partial charge on any atom is -0.496 e. The van der Waals surface area contributed by atoms with Crippen LogP contribution in [0.5, 0.6) is 11.5 Å². The number of hydrazone groups is 1. The first-order valence-electron chi connectivity index (χ1n) is 10.0. The smallest absolute Gasteiger partial charge is 0.307 e. The molecule has 2 aromatic carbocycles. The highest BCUT2D eigenvalue weighted by molar-refractivity contribution is 5.97. The second-order valence-electron chi connectivity index (χ2n) is 7.16. The Morgan fingerprint density at radius 3 is 2.63 bits per heavy atom. The number of nitrogens with one attached hydrogen (secondary N) is 1. The van der Waals surface area contributed by atoms with E-state index in [1.54, 1.807) is 32.6 Å². The number of fused-ring (bicyclic) bond motifs is 1. The number of nitrogens with zero attached hydrogens (tertiary/aromatic N) is 2. The molecule has 0 atom stereocenters. The zero-order valence-electron chi connectivity index (χ0n) is 17.2. The molecular weight excluding hydrogens is 382 g/mol. The van der Waals surface area contributed by atoms with Crippen molar-refractivity contribution in [2.45, 2.75) is 19.3 Å². The quantitative estimate of drug-likeness (QED) is 0.489. The molecule has 1 fully saturated rings. The Morgan fingerprint density at radius 1 is 1.07 bits per heavy atom. The molecule has 1 amide bonds. The topological polar surface area (TPSA) is 76.3 Å². The summed E-state index contributed by atoms with van der Waals surface area (Å²) in [4.78, 5) is 14.8. The Balaban J connectivity index is 1.46. The molecule has 0 aliphatic carbocycles. The molecule has 2 heterocycles. The van der Waals surface area contributed by atoms with Gasteiger partial charge >= 0.3 is 5.91 Å². The number of anilines is 1. The third kappa shape index (κ3) is 4.10. The van der Waals surface area contributed by atoms with Gasteiger partial charge in [0, 0.05) is 35.8 Å². The maximum atomic E-state index is 12.4. The Labute approximate surface area is 175 Å². The van der Waals surface area contributed by atoms with Crippen LogP contribution in [0.1, 0.15) is 35.4 Å². The fourth-order valence-corrected chi connectivity index (χ4v) is 3.68. The minimum atomic E-state index is -0.437. The molecule has 0 bridgehead atoms. The van der Waals surface area contributed by atoms with E-state index in [1.807, 2.05) is 24.3 Å². The largest absolute Gasteiger partial charge is 0.496 e. The number of hydrogen-bond donors (Lipinski definition) is 1. The van der Waals surface area contributed by atoms with Crippen LogP contribution in [-0.4, -0.2) is 39.4 Å². The van der Waals surface area contributed by atoms with Crippen molar-refractivity contribution in [3.05, 3.63) is 53.8 Å². The number of carbonyl (C=O) groups is 1. The summed E-state index contributed by atoms with van der Waals surface area (Å²) in [6, 6.07) is 13.2. The fraction of sp³-hybridized carbons (Fsp3) is 0.304. The van der Waals surface area contributed by atoms with E-state index in [1.165, 1.54) is 19.3 Å². The maximum Gasteiger partial charge on any atom is 0.307 e. The lowest BCUT2D eigenvalue weighted by atomic mass is 10.1. The summed E-state index contributed by atoms with van der Waals surface area (Å²) in [5, 5.41) is 4.86. The van der Waals surface area contributed by atoms with Gasteiger partial charge in [0.2, 0.25) is 0 Å². The van der Waals surface area contributed by atoms with Gasteiger partial charge in [0.25, 0.3) is 0 Å². The average Bonchev–Trinajstić information content (AvgIpc) is 3.24. The van der Waals surface area contributed by atoms with Gasteiger partial charge in [-0.15, -0.1) is 0 Å². The lowest BCUT2D eigenvalue weighted by molar-refractivity contribution is 0.0929. The first kappa shape index (κ1) is 19.8. The van der Waals surface area contributed by atoms with Gasteiger partial charge in [-0.05, 0) is 43.5 Å². The van der Waals surface area contributed by atoms with Crippen LogP contribution >= 0.6 is 0 Å². The summed E-state index contributed by atoms with van der Waals surface area (Å²) in [5.41, 5.74) is 4.96. The van der Waals surface area contributed by atoms with Crippen molar-refractivity contribution in [2.75, 3.05) is 32.2 Å². The molecular formula is C23H25N3O4. The van der Waals surface area contributed by atoms with E-state index in [-0.39, 0.29) is 5.76 Å². The molecule has 0 saturated carbocycles. The van der Waals surface area contributed by atoms with Crippen molar-refractivity contribution < 1.29 is 18.7 Å². The molecule has 1 aliphatic rings. The van der Waals surface area contributed by atoms with Crippen molar-refractivity contribution in [2.24, 2.45) is 5.10 Å². The predicted octanol–water partition coefficient (Wildman–Crippen LogP) is 4.20. The van der Waals surface area contributed by atoms with Crippen LogP contribution in [0.15, 0.2) is 52.0 Å². The van der Waals surface area contributed by atoms with Crippen LogP contribution in [0.2, 0.25) is 0 Å². The third-order valence-corrected chi connectivity index (χ3v) is 5.26. The van der Waals surface area contributed by atoms with Crippen LogP contribution in [0.3, 0.4) is 0 Å². The number of ether oxygens (including phenoxy) is 2. The molecule has 1 aromatic heterocycles. The molecule has 0 unspecified atom stereocenters. The number of piperidine rings is 1. The summed E-state index contributed by atoms with van der Waals surface area (Å²) in [6.45, 7) is 2.13. The van der Waals surface area contributed by atoms with Crippen molar-refractivity contribution in [1.29, 1.82) is 0 Å². The van der Waals surface area contributed by atoms with Crippen molar-refractivity contribution in [3.63, 3.8) is 0 Å². The van der Waals surface area contributed by atoms with Crippen molar-refractivity contribution >= 4 is 28.8 Å². The molecule has 30 heavy (non-hydrogen) atoms. The monoisotopic (exact) mass is 407 g/mol. The van der Waals surface area contributed by atoms with E-state index in [9.17, 15) is 4.79 Å². The van der Waals surface area contributed by atoms with Gasteiger partial charge < -0.3 is 18.8 Å². The van der Waals surface area contributed by atoms with Gasteiger partial charge in [-0.2, -0.15) is 5.10 Å². The Bertz CT molecular complexity index is 1070. The van der Waals surface area contributed by atoms with Gasteiger partial charge in [0.05, 0.1) is 20.4 Å². The van der Waals surface area contributed by atoms with E-state index < -0.39 is 5.91 Å². The van der Waals surface area contributed by atoms with Crippen LogP contribution < -0.4 is 19.8 Å². The first-order chi connectivity index (χ1) is 14.7. The zero-order valence-corrected chi connectivity index (χ0v) is 17.2. The SMILES string of the molecule is COc1cc(N2CCCCC2)ccc1/C=N\NC(=O)c1cc2cccc(OC)c2o1. The normalized spacial score (nSPS) is 14.3. The van der Waals surface area contributed by atoms with Crippen LogP contribution in [0, 0.1) is 0 Å². The van der Waals surface area contributed by atoms with Crippen LogP contribution in [0.4, 0.5) is 5.69 Å². The van der Waals surface area contributed by atoms with Crippen molar-refractivity contribution in [1.82, 2.24) is 5.43 Å². The number of rotatable bonds is 6. The molecule has 7 heteroatoms. The lowest BCUT2D eigenvalue weighted by Crippen LogP contribution is -2.29. The third-order valence-electron chi connectivity index (χ3n) is 5.26. The zero-order chi connectivity index (χ0) is 20.9. The summed E-state index contributed by atoms with van der Waals surface area (Å²) in [7, 11) is 3.19. The number of hydrogen-bond acceptors (Lipinski definition) is 6. The standard InChI is InChI=1S/C23H25N3O4/c1-28-19-8-6-7-16-13-21(30-22(16)19)23(27)25-24-15-17-9-10-18(14-20(17)29-2)26-11-4-3-5-12-26/h6-10,13-15H,3-5,11-12H2,1-2H3,(H,25,27)/b24-15-. The van der Waals surface area contributed by atoms with Crippen LogP contribution in [0.25, 0.3) is 11.0 Å². The van der Waals surface area contributed by atoms with Crippen LogP contribution in [-0.2, 0) is 0 Å². The van der Waals surface area contributed by atoms with Gasteiger partial charge in [-0.25, -0.2) is 5.43 Å². The van der Waals surface area contributed by atoms with E-state index in [0.717, 1.165) is 29.7 Å². The summed E-state index contributed by atoms with van der Waals surface area (Å²) in [6.07, 6.45) is 5.28. The number of amides is 1. The molecule has 1 aliphatic heterocycles. The summed E-state index contributed by atoms with van der Waals surface area (Å²) < 4.78 is 16.4. The second kappa shape index (κ2) is 8.90. The number of benzene rings is 2. The van der Waals surface area contributed by atoms with Crippen molar-refractivity contribution in [3.8, 4) is 11.5 Å². The van der Waals surface area contributed by atoms with E-state index in [4.69, 9.17) is 13.9 Å². The van der Waals surface area contributed by atoms with Gasteiger partial charge in [-0.1, -0.05) is 12.1 Å². The van der Waals surface area contributed by atoms with E-state index in [2.05, 4.69) is 21.5 Å². The highest BCUT2D eigenvalue weighted by Crippen LogP contribution is 2.29. The van der Waals surface area contributed by atoms with Gasteiger partial charge in [0.1, 0.15) is 5.75 Å². The molecule has 156 valence electrons. The molecule has 1 N–H and O–H groups in total. The highest BCUT2D eigenvalue weighted by atomic mass is 16.5. The highest BCUT2D eigenvalue weighted by Gasteiger charge is 2.15. The van der Waals surface area contributed by atoms with E-state index in [0.29, 0.717) is 17.1 Å². The lowest BCUT2D eigenvalue weighted by Gasteiger charge is -2.29. The number of furan rings is 1. The first-order valence-corrected chi connectivity index (χ1v) is 10.0. The molecule has 0 spiro atoms. The predicted molar refractivity (Wildman–Crippen MR) is 117 cm³/mol. The van der Waals surface area contributed by atoms with Gasteiger partial charge in [0.15, 0.2) is 17.1 Å². The summed E-state index contributed by atoms with van der Waals surface area (Å²) in [5.74, 6) is 1.02. The molecule has 1 saturated heterocycles. The number of para-hydroxylation sites is 1. The number of carbonyl (C=O) groups excluding carboxylic acids is 1. The Hall–Kier alpha value is -3.48. The minimum absolute atomic E-state index is 0.166. The van der Waals surface area contributed by atoms with E-state index >= 15 is 0 Å². The molecule has 0 radical (unpaired) electrons. The maximum absolute atomic E-state index is 12.4. The molecule has 7 nitrogen and oxygen atoms in total.